The second-order valence-electron chi connectivity index (χ2n) is 4.61. The zero-order valence-corrected chi connectivity index (χ0v) is 12.4. The molecule has 0 saturated carbocycles. The number of carboxylic acid groups (broad SMARTS) is 1. The van der Waals surface area contributed by atoms with Crippen molar-refractivity contribution in [3.8, 4) is 0 Å². The SMILES string of the molecule is CC(C(=O)O)N(C)CCC(=O)NCc1ccccc1Cl. The molecule has 0 aliphatic carbocycles. The molecule has 1 amide bonds. The minimum Gasteiger partial charge on any atom is -0.480 e. The highest BCUT2D eigenvalue weighted by molar-refractivity contribution is 6.31. The lowest BCUT2D eigenvalue weighted by Crippen LogP contribution is -2.38. The third-order valence-corrected chi connectivity index (χ3v) is 3.51. The van der Waals surface area contributed by atoms with Crippen molar-refractivity contribution in [2.45, 2.75) is 25.9 Å². The zero-order chi connectivity index (χ0) is 15.1. The third-order valence-electron chi connectivity index (χ3n) is 3.14. The molecular formula is C14H19ClN2O3. The summed E-state index contributed by atoms with van der Waals surface area (Å²) in [5, 5.41) is 12.2. The van der Waals surface area contributed by atoms with E-state index in [9.17, 15) is 9.59 Å². The van der Waals surface area contributed by atoms with Gasteiger partial charge in [0.1, 0.15) is 6.04 Å². The quantitative estimate of drug-likeness (QED) is 0.804. The van der Waals surface area contributed by atoms with Crippen LogP contribution in [0.2, 0.25) is 5.02 Å². The lowest BCUT2D eigenvalue weighted by molar-refractivity contribution is -0.142. The van der Waals surface area contributed by atoms with E-state index in [-0.39, 0.29) is 12.3 Å². The van der Waals surface area contributed by atoms with Crippen LogP contribution in [0.3, 0.4) is 0 Å². The van der Waals surface area contributed by atoms with Crippen LogP contribution in [0.1, 0.15) is 18.9 Å². The Hall–Kier alpha value is -1.59. The lowest BCUT2D eigenvalue weighted by Gasteiger charge is -2.20. The van der Waals surface area contributed by atoms with Gasteiger partial charge < -0.3 is 10.4 Å². The summed E-state index contributed by atoms with van der Waals surface area (Å²) in [7, 11) is 1.68. The first-order valence-electron chi connectivity index (χ1n) is 6.35. The fourth-order valence-corrected chi connectivity index (χ4v) is 1.79. The molecule has 0 heterocycles. The molecule has 0 spiro atoms. The summed E-state index contributed by atoms with van der Waals surface area (Å²) in [6, 6.07) is 6.70. The van der Waals surface area contributed by atoms with Crippen LogP contribution in [0, 0.1) is 0 Å². The summed E-state index contributed by atoms with van der Waals surface area (Å²) in [5.41, 5.74) is 0.856. The van der Waals surface area contributed by atoms with E-state index in [1.165, 1.54) is 0 Å². The van der Waals surface area contributed by atoms with Gasteiger partial charge in [-0.2, -0.15) is 0 Å². The minimum absolute atomic E-state index is 0.130. The van der Waals surface area contributed by atoms with Crippen molar-refractivity contribution in [1.29, 1.82) is 0 Å². The Morgan fingerprint density at radius 1 is 1.40 bits per heavy atom. The summed E-state index contributed by atoms with van der Waals surface area (Å²) in [5.74, 6) is -1.03. The number of rotatable bonds is 7. The van der Waals surface area contributed by atoms with E-state index in [2.05, 4.69) is 5.32 Å². The first kappa shape index (κ1) is 16.5. The number of nitrogens with zero attached hydrogens (tertiary/aromatic N) is 1. The molecule has 0 aromatic heterocycles. The molecule has 0 radical (unpaired) electrons. The average molecular weight is 299 g/mol. The number of nitrogens with one attached hydrogen (secondary N) is 1. The largest absolute Gasteiger partial charge is 0.480 e. The highest BCUT2D eigenvalue weighted by Crippen LogP contribution is 2.14. The van der Waals surface area contributed by atoms with Crippen LogP contribution in [-0.2, 0) is 16.1 Å². The second-order valence-corrected chi connectivity index (χ2v) is 5.02. The van der Waals surface area contributed by atoms with Gasteiger partial charge in [-0.15, -0.1) is 0 Å². The Kier molecular flexibility index (Phi) is 6.48. The topological polar surface area (TPSA) is 69.6 Å². The van der Waals surface area contributed by atoms with Gasteiger partial charge in [0.25, 0.3) is 0 Å². The monoisotopic (exact) mass is 298 g/mol. The molecule has 20 heavy (non-hydrogen) atoms. The predicted octanol–water partition coefficient (Wildman–Crippen LogP) is 1.75. The van der Waals surface area contributed by atoms with Crippen molar-refractivity contribution in [3.63, 3.8) is 0 Å². The Morgan fingerprint density at radius 3 is 2.65 bits per heavy atom. The first-order chi connectivity index (χ1) is 9.41. The minimum atomic E-state index is -0.899. The van der Waals surface area contributed by atoms with Crippen molar-refractivity contribution in [3.05, 3.63) is 34.9 Å². The average Bonchev–Trinajstić information content (AvgIpc) is 2.42. The Balaban J connectivity index is 2.34. The molecule has 6 heteroatoms. The van der Waals surface area contributed by atoms with Crippen LogP contribution in [0.25, 0.3) is 0 Å². The molecule has 0 fully saturated rings. The van der Waals surface area contributed by atoms with E-state index in [1.54, 1.807) is 24.9 Å². The number of amides is 1. The maximum Gasteiger partial charge on any atom is 0.320 e. The summed E-state index contributed by atoms with van der Waals surface area (Å²) in [6.07, 6.45) is 0.249. The highest BCUT2D eigenvalue weighted by Gasteiger charge is 2.17. The number of likely N-dealkylation sites (N-methyl/N-ethyl adjacent to an activating group) is 1. The Morgan fingerprint density at radius 2 is 2.05 bits per heavy atom. The molecule has 0 bridgehead atoms. The summed E-state index contributed by atoms with van der Waals surface area (Å²) >= 11 is 5.99. The van der Waals surface area contributed by atoms with E-state index in [0.717, 1.165) is 5.56 Å². The van der Waals surface area contributed by atoms with Crippen LogP contribution in [0.5, 0.6) is 0 Å². The molecule has 2 N–H and O–H groups in total. The van der Waals surface area contributed by atoms with E-state index in [1.807, 2.05) is 18.2 Å². The van der Waals surface area contributed by atoms with E-state index in [0.29, 0.717) is 18.1 Å². The van der Waals surface area contributed by atoms with Crippen LogP contribution < -0.4 is 5.32 Å². The molecular weight excluding hydrogens is 280 g/mol. The van der Waals surface area contributed by atoms with Gasteiger partial charge in [0.15, 0.2) is 0 Å². The van der Waals surface area contributed by atoms with Crippen molar-refractivity contribution >= 4 is 23.5 Å². The van der Waals surface area contributed by atoms with E-state index >= 15 is 0 Å². The van der Waals surface area contributed by atoms with Gasteiger partial charge >= 0.3 is 5.97 Å². The van der Waals surface area contributed by atoms with Gasteiger partial charge in [-0.3, -0.25) is 14.5 Å². The highest BCUT2D eigenvalue weighted by atomic mass is 35.5. The predicted molar refractivity (Wildman–Crippen MR) is 77.6 cm³/mol. The van der Waals surface area contributed by atoms with Gasteiger partial charge in [-0.05, 0) is 25.6 Å². The normalized spacial score (nSPS) is 12.2. The van der Waals surface area contributed by atoms with Gasteiger partial charge in [-0.1, -0.05) is 29.8 Å². The van der Waals surface area contributed by atoms with Crippen LogP contribution >= 0.6 is 11.6 Å². The summed E-state index contributed by atoms with van der Waals surface area (Å²) < 4.78 is 0. The number of carbonyl (C=O) groups excluding carboxylic acids is 1. The molecule has 1 unspecified atom stereocenters. The molecule has 0 aliphatic heterocycles. The first-order valence-corrected chi connectivity index (χ1v) is 6.72. The molecule has 0 aliphatic rings. The number of aliphatic carboxylic acids is 1. The fraction of sp³-hybridized carbons (Fsp3) is 0.429. The summed E-state index contributed by atoms with van der Waals surface area (Å²) in [6.45, 7) is 2.35. The third kappa shape index (κ3) is 5.19. The van der Waals surface area contributed by atoms with Gasteiger partial charge in [-0.25, -0.2) is 0 Å². The van der Waals surface area contributed by atoms with Gasteiger partial charge in [0.2, 0.25) is 5.91 Å². The molecule has 1 aromatic carbocycles. The number of hydrogen-bond acceptors (Lipinski definition) is 3. The maximum atomic E-state index is 11.7. The molecule has 0 saturated heterocycles. The fourth-order valence-electron chi connectivity index (χ4n) is 1.58. The Bertz CT molecular complexity index is 479. The molecule has 110 valence electrons. The lowest BCUT2D eigenvalue weighted by atomic mass is 10.2. The van der Waals surface area contributed by atoms with Crippen molar-refractivity contribution in [2.75, 3.05) is 13.6 Å². The number of carbonyl (C=O) groups is 2. The number of carboxylic acids is 1. The second kappa shape index (κ2) is 7.87. The smallest absolute Gasteiger partial charge is 0.320 e. The van der Waals surface area contributed by atoms with Gasteiger partial charge in [0.05, 0.1) is 0 Å². The summed E-state index contributed by atoms with van der Waals surface area (Å²) in [4.78, 5) is 24.1. The van der Waals surface area contributed by atoms with Crippen LogP contribution in [0.4, 0.5) is 0 Å². The number of hydrogen-bond donors (Lipinski definition) is 2. The number of benzene rings is 1. The van der Waals surface area contributed by atoms with Crippen molar-refractivity contribution in [2.24, 2.45) is 0 Å². The van der Waals surface area contributed by atoms with E-state index in [4.69, 9.17) is 16.7 Å². The molecule has 1 atom stereocenters. The van der Waals surface area contributed by atoms with Gasteiger partial charge in [0, 0.05) is 24.5 Å². The van der Waals surface area contributed by atoms with Crippen molar-refractivity contribution < 1.29 is 14.7 Å². The van der Waals surface area contributed by atoms with Crippen LogP contribution in [-0.4, -0.2) is 41.5 Å². The Labute approximate surface area is 123 Å². The van der Waals surface area contributed by atoms with E-state index < -0.39 is 12.0 Å². The van der Waals surface area contributed by atoms with Crippen molar-refractivity contribution in [1.82, 2.24) is 10.2 Å². The molecule has 5 nitrogen and oxygen atoms in total. The molecule has 1 rings (SSSR count). The standard InChI is InChI=1S/C14H19ClN2O3/c1-10(14(19)20)17(2)8-7-13(18)16-9-11-5-3-4-6-12(11)15/h3-6,10H,7-9H2,1-2H3,(H,16,18)(H,19,20). The van der Waals surface area contributed by atoms with Crippen LogP contribution in [0.15, 0.2) is 24.3 Å². The number of halogens is 1. The zero-order valence-electron chi connectivity index (χ0n) is 11.6. The molecule has 1 aromatic rings. The maximum absolute atomic E-state index is 11.7.